The SMILES string of the molecule is C=CCNC(=O)c1cccc(C(=O)Nc2c(C)cc(C)cc2C)n1. The van der Waals surface area contributed by atoms with Gasteiger partial charge in [-0.1, -0.05) is 29.8 Å². The van der Waals surface area contributed by atoms with Gasteiger partial charge in [0.25, 0.3) is 11.8 Å². The van der Waals surface area contributed by atoms with E-state index in [0.717, 1.165) is 22.4 Å². The highest BCUT2D eigenvalue weighted by Gasteiger charge is 2.14. The van der Waals surface area contributed by atoms with Crippen molar-refractivity contribution in [2.24, 2.45) is 0 Å². The summed E-state index contributed by atoms with van der Waals surface area (Å²) >= 11 is 0. The zero-order valence-corrected chi connectivity index (χ0v) is 14.1. The van der Waals surface area contributed by atoms with Gasteiger partial charge in [-0.05, 0) is 44.0 Å². The van der Waals surface area contributed by atoms with Crippen LogP contribution in [0.25, 0.3) is 0 Å². The van der Waals surface area contributed by atoms with Gasteiger partial charge in [0.2, 0.25) is 0 Å². The number of hydrogen-bond donors (Lipinski definition) is 2. The first kappa shape index (κ1) is 17.4. The van der Waals surface area contributed by atoms with Gasteiger partial charge in [0.05, 0.1) is 0 Å². The van der Waals surface area contributed by atoms with E-state index in [9.17, 15) is 9.59 Å². The molecule has 1 heterocycles. The smallest absolute Gasteiger partial charge is 0.274 e. The average molecular weight is 323 g/mol. The Morgan fingerprint density at radius 2 is 1.67 bits per heavy atom. The van der Waals surface area contributed by atoms with Gasteiger partial charge in [0.1, 0.15) is 11.4 Å². The molecule has 0 aliphatic carbocycles. The minimum atomic E-state index is -0.344. The predicted octanol–water partition coefficient (Wildman–Crippen LogP) is 3.17. The normalized spacial score (nSPS) is 10.1. The molecular formula is C19H21N3O2. The maximum absolute atomic E-state index is 12.5. The van der Waals surface area contributed by atoms with Crippen molar-refractivity contribution in [3.05, 3.63) is 71.1 Å². The van der Waals surface area contributed by atoms with Gasteiger partial charge in [-0.15, -0.1) is 6.58 Å². The van der Waals surface area contributed by atoms with Crippen molar-refractivity contribution in [1.29, 1.82) is 0 Å². The van der Waals surface area contributed by atoms with E-state index in [1.165, 1.54) is 0 Å². The van der Waals surface area contributed by atoms with E-state index in [0.29, 0.717) is 6.54 Å². The van der Waals surface area contributed by atoms with E-state index < -0.39 is 0 Å². The Bertz CT molecular complexity index is 774. The number of aromatic nitrogens is 1. The predicted molar refractivity (Wildman–Crippen MR) is 95.4 cm³/mol. The standard InChI is InChI=1S/C19H21N3O2/c1-5-9-20-18(23)15-7-6-8-16(21-15)19(24)22-17-13(3)10-12(2)11-14(17)4/h5-8,10-11H,1,9H2,2-4H3,(H,20,23)(H,22,24). The topological polar surface area (TPSA) is 71.1 Å². The molecule has 2 N–H and O–H groups in total. The maximum atomic E-state index is 12.5. The van der Waals surface area contributed by atoms with Crippen LogP contribution in [-0.2, 0) is 0 Å². The van der Waals surface area contributed by atoms with Crippen LogP contribution in [0.4, 0.5) is 5.69 Å². The molecule has 24 heavy (non-hydrogen) atoms. The number of rotatable bonds is 5. The third-order valence-corrected chi connectivity index (χ3v) is 3.54. The molecule has 0 unspecified atom stereocenters. The minimum Gasteiger partial charge on any atom is -0.347 e. The van der Waals surface area contributed by atoms with Gasteiger partial charge in [-0.3, -0.25) is 9.59 Å². The lowest BCUT2D eigenvalue weighted by Crippen LogP contribution is -2.25. The number of aryl methyl sites for hydroxylation is 3. The quantitative estimate of drug-likeness (QED) is 0.830. The summed E-state index contributed by atoms with van der Waals surface area (Å²) in [5.41, 5.74) is 4.28. The number of anilines is 1. The summed E-state index contributed by atoms with van der Waals surface area (Å²) in [6.45, 7) is 9.79. The molecule has 0 fully saturated rings. The van der Waals surface area contributed by atoms with Crippen molar-refractivity contribution in [3.8, 4) is 0 Å². The van der Waals surface area contributed by atoms with Crippen molar-refractivity contribution in [3.63, 3.8) is 0 Å². The second-order valence-corrected chi connectivity index (χ2v) is 5.63. The van der Waals surface area contributed by atoms with Crippen LogP contribution >= 0.6 is 0 Å². The number of nitrogens with one attached hydrogen (secondary N) is 2. The Morgan fingerprint density at radius 3 is 2.25 bits per heavy atom. The summed E-state index contributed by atoms with van der Waals surface area (Å²) in [6, 6.07) is 8.81. The lowest BCUT2D eigenvalue weighted by atomic mass is 10.0. The number of benzene rings is 1. The van der Waals surface area contributed by atoms with E-state index in [1.807, 2.05) is 32.9 Å². The molecule has 0 saturated heterocycles. The molecule has 0 radical (unpaired) electrons. The van der Waals surface area contributed by atoms with Gasteiger partial charge in [-0.25, -0.2) is 4.98 Å². The molecule has 0 spiro atoms. The van der Waals surface area contributed by atoms with Crippen molar-refractivity contribution >= 4 is 17.5 Å². The molecule has 124 valence electrons. The summed E-state index contributed by atoms with van der Waals surface area (Å²) in [5.74, 6) is -0.685. The molecule has 1 aromatic carbocycles. The molecule has 2 aromatic rings. The highest BCUT2D eigenvalue weighted by molar-refractivity contribution is 6.04. The van der Waals surface area contributed by atoms with Crippen LogP contribution < -0.4 is 10.6 Å². The van der Waals surface area contributed by atoms with Crippen molar-refractivity contribution in [2.75, 3.05) is 11.9 Å². The number of amides is 2. The molecule has 1 aromatic heterocycles. The van der Waals surface area contributed by atoms with Crippen LogP contribution in [0.15, 0.2) is 43.0 Å². The van der Waals surface area contributed by atoms with E-state index in [2.05, 4.69) is 22.2 Å². The molecule has 0 atom stereocenters. The first-order chi connectivity index (χ1) is 11.4. The summed E-state index contributed by atoms with van der Waals surface area (Å²) < 4.78 is 0. The van der Waals surface area contributed by atoms with Crippen LogP contribution in [0.5, 0.6) is 0 Å². The molecule has 5 nitrogen and oxygen atoms in total. The monoisotopic (exact) mass is 323 g/mol. The van der Waals surface area contributed by atoms with Crippen LogP contribution in [0.3, 0.4) is 0 Å². The summed E-state index contributed by atoms with van der Waals surface area (Å²) in [6.07, 6.45) is 1.58. The number of nitrogens with zero attached hydrogens (tertiary/aromatic N) is 1. The first-order valence-corrected chi connectivity index (χ1v) is 7.67. The Morgan fingerprint density at radius 1 is 1.08 bits per heavy atom. The molecule has 0 aliphatic heterocycles. The molecular weight excluding hydrogens is 302 g/mol. The zero-order chi connectivity index (χ0) is 17.7. The second kappa shape index (κ2) is 7.55. The van der Waals surface area contributed by atoms with Gasteiger partial charge < -0.3 is 10.6 Å². The third-order valence-electron chi connectivity index (χ3n) is 3.54. The molecule has 0 saturated carbocycles. The third kappa shape index (κ3) is 4.07. The fourth-order valence-electron chi connectivity index (χ4n) is 2.50. The van der Waals surface area contributed by atoms with Crippen molar-refractivity contribution in [2.45, 2.75) is 20.8 Å². The Labute approximate surface area is 141 Å². The molecule has 0 bridgehead atoms. The van der Waals surface area contributed by atoms with Crippen LogP contribution in [0, 0.1) is 20.8 Å². The number of hydrogen-bond acceptors (Lipinski definition) is 3. The van der Waals surface area contributed by atoms with Crippen LogP contribution in [0.2, 0.25) is 0 Å². The fourth-order valence-corrected chi connectivity index (χ4v) is 2.50. The maximum Gasteiger partial charge on any atom is 0.274 e. The first-order valence-electron chi connectivity index (χ1n) is 7.67. The molecule has 5 heteroatoms. The lowest BCUT2D eigenvalue weighted by molar-refractivity contribution is 0.0953. The summed E-state index contributed by atoms with van der Waals surface area (Å²) in [7, 11) is 0. The molecule has 0 aliphatic rings. The highest BCUT2D eigenvalue weighted by Crippen LogP contribution is 2.22. The summed E-state index contributed by atoms with van der Waals surface area (Å²) in [4.78, 5) is 28.5. The van der Waals surface area contributed by atoms with Gasteiger partial charge in [-0.2, -0.15) is 0 Å². The summed E-state index contributed by atoms with van der Waals surface area (Å²) in [5, 5.41) is 5.52. The largest absolute Gasteiger partial charge is 0.347 e. The Hall–Kier alpha value is -2.95. The fraction of sp³-hybridized carbons (Fsp3) is 0.211. The van der Waals surface area contributed by atoms with Gasteiger partial charge >= 0.3 is 0 Å². The van der Waals surface area contributed by atoms with E-state index in [4.69, 9.17) is 0 Å². The van der Waals surface area contributed by atoms with E-state index >= 15 is 0 Å². The van der Waals surface area contributed by atoms with Crippen molar-refractivity contribution in [1.82, 2.24) is 10.3 Å². The zero-order valence-electron chi connectivity index (χ0n) is 14.1. The minimum absolute atomic E-state index is 0.195. The molecule has 2 rings (SSSR count). The molecule has 2 amide bonds. The van der Waals surface area contributed by atoms with Gasteiger partial charge in [0.15, 0.2) is 0 Å². The Kier molecular flexibility index (Phi) is 5.47. The highest BCUT2D eigenvalue weighted by atomic mass is 16.2. The number of carbonyl (C=O) groups is 2. The van der Waals surface area contributed by atoms with Crippen LogP contribution in [0.1, 0.15) is 37.7 Å². The second-order valence-electron chi connectivity index (χ2n) is 5.63. The number of carbonyl (C=O) groups excluding carboxylic acids is 2. The van der Waals surface area contributed by atoms with E-state index in [-0.39, 0.29) is 23.2 Å². The van der Waals surface area contributed by atoms with Crippen LogP contribution in [-0.4, -0.2) is 23.3 Å². The van der Waals surface area contributed by atoms with E-state index in [1.54, 1.807) is 24.3 Å². The lowest BCUT2D eigenvalue weighted by Gasteiger charge is -2.13. The average Bonchev–Trinajstić information content (AvgIpc) is 2.55. The number of pyridine rings is 1. The van der Waals surface area contributed by atoms with Gasteiger partial charge in [0, 0.05) is 12.2 Å². The van der Waals surface area contributed by atoms with Crippen molar-refractivity contribution < 1.29 is 9.59 Å². The Balaban J connectivity index is 2.22.